The van der Waals surface area contributed by atoms with Crippen molar-refractivity contribution in [3.05, 3.63) is 29.6 Å². The van der Waals surface area contributed by atoms with Crippen molar-refractivity contribution in [3.8, 4) is 0 Å². The molecule has 7 heteroatoms. The number of hydrogen-bond acceptors (Lipinski definition) is 3. The Bertz CT molecular complexity index is 766. The van der Waals surface area contributed by atoms with Gasteiger partial charge in [0.05, 0.1) is 23.2 Å². The Labute approximate surface area is 130 Å². The summed E-state index contributed by atoms with van der Waals surface area (Å²) < 4.78 is 27.6. The van der Waals surface area contributed by atoms with Gasteiger partial charge in [-0.15, -0.1) is 11.6 Å². The first-order valence-corrected chi connectivity index (χ1v) is 9.04. The third-order valence-electron chi connectivity index (χ3n) is 3.12. The van der Waals surface area contributed by atoms with Crippen molar-refractivity contribution in [2.75, 3.05) is 6.26 Å². The van der Waals surface area contributed by atoms with E-state index in [1.54, 1.807) is 0 Å². The number of hydrogen-bond donors (Lipinski definition) is 1. The van der Waals surface area contributed by atoms with Crippen LogP contribution in [-0.4, -0.2) is 29.8 Å². The lowest BCUT2D eigenvalue weighted by molar-refractivity contribution is 0.392. The number of aromatic nitrogens is 2. The van der Waals surface area contributed by atoms with Gasteiger partial charge in [-0.2, -0.15) is 0 Å². The summed E-state index contributed by atoms with van der Waals surface area (Å²) in [6.07, 6.45) is 1.16. The van der Waals surface area contributed by atoms with E-state index in [1.165, 1.54) is 0 Å². The molecule has 0 fully saturated rings. The topological polar surface area (TPSA) is 64.0 Å². The summed E-state index contributed by atoms with van der Waals surface area (Å²) >= 11 is 5.98. The highest BCUT2D eigenvalue weighted by molar-refractivity contribution is 7.88. The largest absolute Gasteiger partial charge is 0.325 e. The van der Waals surface area contributed by atoms with Crippen molar-refractivity contribution in [1.82, 2.24) is 14.3 Å². The molecule has 1 aromatic carbocycles. The van der Waals surface area contributed by atoms with Gasteiger partial charge >= 0.3 is 0 Å². The first-order chi connectivity index (χ1) is 9.61. The first kappa shape index (κ1) is 16.3. The van der Waals surface area contributed by atoms with Crippen molar-refractivity contribution in [3.63, 3.8) is 0 Å². The van der Waals surface area contributed by atoms with E-state index < -0.39 is 15.6 Å². The number of imidazole rings is 1. The molecule has 0 amide bonds. The van der Waals surface area contributed by atoms with E-state index in [9.17, 15) is 8.42 Å². The lowest BCUT2D eigenvalue weighted by Gasteiger charge is -2.26. The Morgan fingerprint density at radius 2 is 2.05 bits per heavy atom. The molecule has 0 saturated heterocycles. The van der Waals surface area contributed by atoms with Gasteiger partial charge in [0.2, 0.25) is 10.0 Å². The second-order valence-electron chi connectivity index (χ2n) is 6.00. The molecule has 0 atom stereocenters. The molecule has 2 aromatic rings. The van der Waals surface area contributed by atoms with Crippen LogP contribution in [0.2, 0.25) is 0 Å². The minimum absolute atomic E-state index is 0.280. The summed E-state index contributed by atoms with van der Waals surface area (Å²) in [5.41, 5.74) is 2.32. The maximum Gasteiger partial charge on any atom is 0.209 e. The van der Waals surface area contributed by atoms with E-state index in [0.717, 1.165) is 28.7 Å². The van der Waals surface area contributed by atoms with Crippen molar-refractivity contribution in [2.45, 2.75) is 38.7 Å². The van der Waals surface area contributed by atoms with Gasteiger partial charge in [-0.3, -0.25) is 0 Å². The number of nitrogens with zero attached hydrogens (tertiary/aromatic N) is 2. The molecular weight excluding hydrogens is 310 g/mol. The summed E-state index contributed by atoms with van der Waals surface area (Å²) in [4.78, 5) is 4.51. The zero-order valence-electron chi connectivity index (χ0n) is 12.6. The molecule has 0 aliphatic carbocycles. The molecular formula is C14H20ClN3O2S. The minimum Gasteiger partial charge on any atom is -0.325 e. The van der Waals surface area contributed by atoms with E-state index in [-0.39, 0.29) is 5.88 Å². The van der Waals surface area contributed by atoms with Gasteiger partial charge in [-0.25, -0.2) is 18.1 Å². The molecule has 0 saturated carbocycles. The highest BCUT2D eigenvalue weighted by Gasteiger charge is 2.25. The van der Waals surface area contributed by atoms with Gasteiger partial charge in [0.1, 0.15) is 5.82 Å². The SMILES string of the molecule is Cc1ccc2nc(CCl)n(CC(C)(C)NS(C)(=O)=O)c2c1. The minimum atomic E-state index is -3.28. The monoisotopic (exact) mass is 329 g/mol. The number of alkyl halides is 1. The average Bonchev–Trinajstić information content (AvgIpc) is 2.63. The van der Waals surface area contributed by atoms with Crippen LogP contribution in [0.25, 0.3) is 11.0 Å². The average molecular weight is 330 g/mol. The molecule has 0 aliphatic heterocycles. The van der Waals surface area contributed by atoms with Crippen LogP contribution in [0.4, 0.5) is 0 Å². The molecule has 0 bridgehead atoms. The molecule has 1 heterocycles. The first-order valence-electron chi connectivity index (χ1n) is 6.62. The second kappa shape index (κ2) is 5.59. The van der Waals surface area contributed by atoms with Crippen LogP contribution in [-0.2, 0) is 22.4 Å². The number of benzene rings is 1. The number of halogens is 1. The van der Waals surface area contributed by atoms with E-state index in [4.69, 9.17) is 11.6 Å². The maximum absolute atomic E-state index is 11.5. The quantitative estimate of drug-likeness (QED) is 0.857. The number of sulfonamides is 1. The Balaban J connectivity index is 2.47. The van der Waals surface area contributed by atoms with Gasteiger partial charge in [-0.05, 0) is 38.5 Å². The molecule has 21 heavy (non-hydrogen) atoms. The summed E-state index contributed by atoms with van der Waals surface area (Å²) in [5.74, 6) is 1.02. The zero-order valence-corrected chi connectivity index (χ0v) is 14.2. The molecule has 5 nitrogen and oxygen atoms in total. The molecule has 116 valence electrons. The maximum atomic E-state index is 11.5. The third kappa shape index (κ3) is 3.96. The van der Waals surface area contributed by atoms with E-state index in [0.29, 0.717) is 6.54 Å². The van der Waals surface area contributed by atoms with Crippen LogP contribution in [0.1, 0.15) is 25.2 Å². The predicted molar refractivity (Wildman–Crippen MR) is 86.1 cm³/mol. The smallest absolute Gasteiger partial charge is 0.209 e. The van der Waals surface area contributed by atoms with E-state index >= 15 is 0 Å². The fourth-order valence-corrected chi connectivity index (χ4v) is 3.76. The van der Waals surface area contributed by atoms with Crippen molar-refractivity contribution in [2.24, 2.45) is 0 Å². The Morgan fingerprint density at radius 3 is 2.62 bits per heavy atom. The zero-order chi connectivity index (χ0) is 15.8. The van der Waals surface area contributed by atoms with E-state index in [2.05, 4.69) is 9.71 Å². The molecule has 2 rings (SSSR count). The van der Waals surface area contributed by atoms with Crippen molar-refractivity contribution >= 4 is 32.7 Å². The van der Waals surface area contributed by atoms with Gasteiger partial charge in [0.15, 0.2) is 0 Å². The fourth-order valence-electron chi connectivity index (χ4n) is 2.49. The summed E-state index contributed by atoms with van der Waals surface area (Å²) in [7, 11) is -3.28. The van der Waals surface area contributed by atoms with Gasteiger partial charge < -0.3 is 4.57 Å². The van der Waals surface area contributed by atoms with Gasteiger partial charge in [0.25, 0.3) is 0 Å². The second-order valence-corrected chi connectivity index (χ2v) is 8.01. The molecule has 1 N–H and O–H groups in total. The highest BCUT2D eigenvalue weighted by atomic mass is 35.5. The van der Waals surface area contributed by atoms with Crippen LogP contribution in [0, 0.1) is 6.92 Å². The summed E-state index contributed by atoms with van der Waals surface area (Å²) in [6, 6.07) is 5.99. The molecule has 0 spiro atoms. The molecule has 0 unspecified atom stereocenters. The van der Waals surface area contributed by atoms with Crippen LogP contribution in [0.5, 0.6) is 0 Å². The lowest BCUT2D eigenvalue weighted by atomic mass is 10.1. The number of aryl methyl sites for hydroxylation is 1. The van der Waals surface area contributed by atoms with Gasteiger partial charge in [-0.1, -0.05) is 6.07 Å². The summed E-state index contributed by atoms with van der Waals surface area (Å²) in [5, 5.41) is 0. The highest BCUT2D eigenvalue weighted by Crippen LogP contribution is 2.22. The van der Waals surface area contributed by atoms with Crippen LogP contribution >= 0.6 is 11.6 Å². The molecule has 1 aromatic heterocycles. The summed E-state index contributed by atoms with van der Waals surface area (Å²) in [6.45, 7) is 6.15. The Kier molecular flexibility index (Phi) is 4.33. The fraction of sp³-hybridized carbons (Fsp3) is 0.500. The lowest BCUT2D eigenvalue weighted by Crippen LogP contribution is -2.46. The normalized spacial score (nSPS) is 13.0. The Morgan fingerprint density at radius 1 is 1.38 bits per heavy atom. The predicted octanol–water partition coefficient (Wildman–Crippen LogP) is 2.41. The van der Waals surface area contributed by atoms with E-state index in [1.807, 2.05) is 43.5 Å². The standard InChI is InChI=1S/C14H20ClN3O2S/c1-10-5-6-11-12(7-10)18(13(8-15)16-11)9-14(2,3)17-21(4,19)20/h5-7,17H,8-9H2,1-4H3. The molecule has 0 aliphatic rings. The van der Waals surface area contributed by atoms with Crippen LogP contribution in [0.15, 0.2) is 18.2 Å². The molecule has 0 radical (unpaired) electrons. The number of nitrogens with one attached hydrogen (secondary N) is 1. The number of rotatable bonds is 5. The van der Waals surface area contributed by atoms with Crippen LogP contribution < -0.4 is 4.72 Å². The van der Waals surface area contributed by atoms with Crippen molar-refractivity contribution < 1.29 is 8.42 Å². The Hall–Kier alpha value is -1.11. The van der Waals surface area contributed by atoms with Gasteiger partial charge in [0, 0.05) is 12.1 Å². The number of fused-ring (bicyclic) bond motifs is 1. The van der Waals surface area contributed by atoms with Crippen LogP contribution in [0.3, 0.4) is 0 Å². The third-order valence-corrected chi connectivity index (χ3v) is 4.28. The van der Waals surface area contributed by atoms with Crippen molar-refractivity contribution in [1.29, 1.82) is 0 Å².